The summed E-state index contributed by atoms with van der Waals surface area (Å²) < 4.78 is 1.98. The summed E-state index contributed by atoms with van der Waals surface area (Å²) in [5.74, 6) is 0.548. The number of rotatable bonds is 7. The molecule has 3 rings (SSSR count). The van der Waals surface area contributed by atoms with Crippen molar-refractivity contribution in [2.75, 3.05) is 26.2 Å². The molecule has 0 spiro atoms. The maximum atomic E-state index is 11.1. The van der Waals surface area contributed by atoms with E-state index in [0.717, 1.165) is 61.1 Å². The Hall–Kier alpha value is -2.14. The van der Waals surface area contributed by atoms with Crippen LogP contribution in [0, 0.1) is 13.8 Å². The Morgan fingerprint density at radius 3 is 2.58 bits per heavy atom. The molecule has 170 valence electrons. The molecule has 1 aliphatic heterocycles. The van der Waals surface area contributed by atoms with Crippen LogP contribution in [-0.2, 0) is 11.3 Å². The fourth-order valence-corrected chi connectivity index (χ4v) is 3.86. The van der Waals surface area contributed by atoms with Gasteiger partial charge in [-0.2, -0.15) is 5.10 Å². The average molecular weight is 539 g/mol. The lowest BCUT2D eigenvalue weighted by molar-refractivity contribution is -0.119. The number of carbonyl (C=O) groups is 1. The second kappa shape index (κ2) is 12.0. The Labute approximate surface area is 201 Å². The van der Waals surface area contributed by atoms with Gasteiger partial charge in [0.05, 0.1) is 24.5 Å². The van der Waals surface area contributed by atoms with Gasteiger partial charge in [0.2, 0.25) is 5.91 Å². The topological polar surface area (TPSA) is 101 Å². The van der Waals surface area contributed by atoms with E-state index in [2.05, 4.69) is 52.7 Å². The minimum Gasteiger partial charge on any atom is -0.369 e. The SMILES string of the molecule is CCNC(=NCc1ccccc1-n1nc(C)cc1C)NC1CCN(CC(N)=O)CC1.I. The molecule has 1 saturated heterocycles. The van der Waals surface area contributed by atoms with Crippen LogP contribution in [0.4, 0.5) is 0 Å². The molecule has 1 aliphatic rings. The number of nitrogens with two attached hydrogens (primary N) is 1. The molecule has 1 amide bonds. The fourth-order valence-electron chi connectivity index (χ4n) is 3.86. The molecule has 2 heterocycles. The molecule has 0 aliphatic carbocycles. The van der Waals surface area contributed by atoms with Crippen molar-refractivity contribution >= 4 is 35.8 Å². The predicted octanol–water partition coefficient (Wildman–Crippen LogP) is 2.11. The summed E-state index contributed by atoms with van der Waals surface area (Å²) in [5, 5.41) is 11.5. The van der Waals surface area contributed by atoms with Crippen molar-refractivity contribution in [2.24, 2.45) is 10.7 Å². The average Bonchev–Trinajstić information content (AvgIpc) is 3.05. The second-order valence-electron chi connectivity index (χ2n) is 7.82. The Bertz CT molecular complexity index is 888. The number of hydrogen-bond acceptors (Lipinski definition) is 4. The Balaban J connectivity index is 0.00000341. The first-order valence-electron chi connectivity index (χ1n) is 10.6. The van der Waals surface area contributed by atoms with Gasteiger partial charge in [-0.3, -0.25) is 9.69 Å². The molecule has 0 bridgehead atoms. The van der Waals surface area contributed by atoms with Crippen molar-refractivity contribution in [2.45, 2.75) is 46.2 Å². The van der Waals surface area contributed by atoms with Crippen LogP contribution in [0.2, 0.25) is 0 Å². The zero-order valence-electron chi connectivity index (χ0n) is 18.6. The van der Waals surface area contributed by atoms with Crippen molar-refractivity contribution in [3.8, 4) is 5.69 Å². The van der Waals surface area contributed by atoms with E-state index >= 15 is 0 Å². The van der Waals surface area contributed by atoms with E-state index in [1.54, 1.807) is 0 Å². The van der Waals surface area contributed by atoms with Crippen molar-refractivity contribution in [3.05, 3.63) is 47.3 Å². The number of aromatic nitrogens is 2. The second-order valence-corrected chi connectivity index (χ2v) is 7.82. The molecule has 1 aromatic heterocycles. The number of primary amides is 1. The minimum atomic E-state index is -0.266. The number of hydrogen-bond donors (Lipinski definition) is 3. The van der Waals surface area contributed by atoms with E-state index < -0.39 is 0 Å². The van der Waals surface area contributed by atoms with Gasteiger partial charge in [0.25, 0.3) is 0 Å². The Morgan fingerprint density at radius 1 is 1.26 bits per heavy atom. The highest BCUT2D eigenvalue weighted by atomic mass is 127. The van der Waals surface area contributed by atoms with Crippen LogP contribution in [0.1, 0.15) is 36.7 Å². The number of guanidine groups is 1. The van der Waals surface area contributed by atoms with Crippen LogP contribution in [0.3, 0.4) is 0 Å². The van der Waals surface area contributed by atoms with Gasteiger partial charge in [0.1, 0.15) is 0 Å². The molecule has 1 aromatic carbocycles. The number of aryl methyl sites for hydroxylation is 2. The first kappa shape index (κ1) is 25.1. The number of nitrogens with zero attached hydrogens (tertiary/aromatic N) is 4. The van der Waals surface area contributed by atoms with E-state index in [1.165, 1.54) is 0 Å². The first-order valence-corrected chi connectivity index (χ1v) is 10.6. The zero-order chi connectivity index (χ0) is 21.5. The van der Waals surface area contributed by atoms with Crippen molar-refractivity contribution < 1.29 is 4.79 Å². The zero-order valence-corrected chi connectivity index (χ0v) is 20.9. The number of halogens is 1. The van der Waals surface area contributed by atoms with E-state index in [4.69, 9.17) is 10.7 Å². The lowest BCUT2D eigenvalue weighted by atomic mass is 10.1. The van der Waals surface area contributed by atoms with Crippen LogP contribution in [0.5, 0.6) is 0 Å². The number of amides is 1. The Morgan fingerprint density at radius 2 is 1.97 bits per heavy atom. The molecule has 9 heteroatoms. The molecule has 0 atom stereocenters. The largest absolute Gasteiger partial charge is 0.369 e. The number of carbonyl (C=O) groups excluding carboxylic acids is 1. The monoisotopic (exact) mass is 539 g/mol. The molecular weight excluding hydrogens is 505 g/mol. The number of nitrogens with one attached hydrogen (secondary N) is 2. The van der Waals surface area contributed by atoms with Crippen molar-refractivity contribution in [3.63, 3.8) is 0 Å². The number of piperidine rings is 1. The van der Waals surface area contributed by atoms with Gasteiger partial charge in [0, 0.05) is 31.4 Å². The van der Waals surface area contributed by atoms with E-state index in [1.807, 2.05) is 23.7 Å². The predicted molar refractivity (Wildman–Crippen MR) is 135 cm³/mol. The van der Waals surface area contributed by atoms with E-state index in [-0.39, 0.29) is 29.9 Å². The molecule has 4 N–H and O–H groups in total. The number of benzene rings is 1. The summed E-state index contributed by atoms with van der Waals surface area (Å²) in [5.41, 5.74) is 9.60. The highest BCUT2D eigenvalue weighted by Gasteiger charge is 2.21. The molecular formula is C22H34IN7O. The molecule has 0 radical (unpaired) electrons. The van der Waals surface area contributed by atoms with Gasteiger partial charge in [-0.25, -0.2) is 9.67 Å². The van der Waals surface area contributed by atoms with Gasteiger partial charge >= 0.3 is 0 Å². The molecule has 2 aromatic rings. The van der Waals surface area contributed by atoms with Crippen LogP contribution in [-0.4, -0.2) is 58.8 Å². The van der Waals surface area contributed by atoms with E-state index in [9.17, 15) is 4.79 Å². The summed E-state index contributed by atoms with van der Waals surface area (Å²) in [4.78, 5) is 18.1. The maximum absolute atomic E-state index is 11.1. The van der Waals surface area contributed by atoms with E-state index in [0.29, 0.717) is 19.1 Å². The number of para-hydroxylation sites is 1. The van der Waals surface area contributed by atoms with Crippen LogP contribution in [0.15, 0.2) is 35.3 Å². The summed E-state index contributed by atoms with van der Waals surface area (Å²) in [6.45, 7) is 9.56. The first-order chi connectivity index (χ1) is 14.5. The quantitative estimate of drug-likeness (QED) is 0.285. The molecule has 0 unspecified atom stereocenters. The number of aliphatic imine (C=N–C) groups is 1. The van der Waals surface area contributed by atoms with Gasteiger partial charge < -0.3 is 16.4 Å². The van der Waals surface area contributed by atoms with Crippen LogP contribution in [0.25, 0.3) is 5.69 Å². The van der Waals surface area contributed by atoms with Gasteiger partial charge in [-0.1, -0.05) is 18.2 Å². The van der Waals surface area contributed by atoms with Crippen LogP contribution >= 0.6 is 24.0 Å². The highest BCUT2D eigenvalue weighted by Crippen LogP contribution is 2.18. The summed E-state index contributed by atoms with van der Waals surface area (Å²) in [7, 11) is 0. The third-order valence-corrected chi connectivity index (χ3v) is 5.29. The third kappa shape index (κ3) is 7.20. The lowest BCUT2D eigenvalue weighted by Crippen LogP contribution is -2.49. The maximum Gasteiger partial charge on any atom is 0.231 e. The summed E-state index contributed by atoms with van der Waals surface area (Å²) >= 11 is 0. The van der Waals surface area contributed by atoms with Gasteiger partial charge in [0.15, 0.2) is 5.96 Å². The van der Waals surface area contributed by atoms with Gasteiger partial charge in [-0.15, -0.1) is 24.0 Å². The lowest BCUT2D eigenvalue weighted by Gasteiger charge is -2.32. The summed E-state index contributed by atoms with van der Waals surface area (Å²) in [6, 6.07) is 10.7. The molecule has 0 saturated carbocycles. The normalized spacial score (nSPS) is 15.4. The van der Waals surface area contributed by atoms with Gasteiger partial charge in [-0.05, 0) is 51.3 Å². The molecule has 31 heavy (non-hydrogen) atoms. The minimum absolute atomic E-state index is 0. The van der Waals surface area contributed by atoms with Crippen LogP contribution < -0.4 is 16.4 Å². The molecule has 1 fully saturated rings. The highest BCUT2D eigenvalue weighted by molar-refractivity contribution is 14.0. The molecule has 8 nitrogen and oxygen atoms in total. The van der Waals surface area contributed by atoms with Crippen molar-refractivity contribution in [1.82, 2.24) is 25.3 Å². The number of likely N-dealkylation sites (tertiary alicyclic amines) is 1. The standard InChI is InChI=1S/C22H33N7O.HI/c1-4-24-22(26-19-9-11-28(12-10-19)15-21(23)30)25-14-18-7-5-6-8-20(18)29-17(3)13-16(2)27-29;/h5-8,13,19H,4,9-12,14-15H2,1-3H3,(H2,23,30)(H2,24,25,26);1H. The smallest absolute Gasteiger partial charge is 0.231 e. The Kier molecular flexibility index (Phi) is 9.76. The fraction of sp³-hybridized carbons (Fsp3) is 0.500. The third-order valence-electron chi connectivity index (χ3n) is 5.29. The van der Waals surface area contributed by atoms with Crippen molar-refractivity contribution in [1.29, 1.82) is 0 Å². The summed E-state index contributed by atoms with van der Waals surface area (Å²) in [6.07, 6.45) is 1.92.